The molecule has 0 aliphatic carbocycles. The quantitative estimate of drug-likeness (QED) is 0.328. The van der Waals surface area contributed by atoms with Gasteiger partial charge < -0.3 is 10.4 Å². The van der Waals surface area contributed by atoms with Gasteiger partial charge in [-0.25, -0.2) is 0 Å². The number of carbonyl (C=O) groups is 3. The molecule has 34 heavy (non-hydrogen) atoms. The highest BCUT2D eigenvalue weighted by Crippen LogP contribution is 2.25. The number of hydrogen-bond acceptors (Lipinski definition) is 4. The standard InChI is InChI=1S/C26H18Cl2N2O4/c27-21-10-5-15(11-22(21)28)12-23(31)30-18-8-6-16(7-9-18)26(34)25-20-4-2-1-3-19(20)17(14-29-25)13-24(32)33/h1-11,14H,12-13H2,(H,30,31)(H,32,33). The molecule has 0 saturated heterocycles. The number of nitrogens with zero attached hydrogens (tertiary/aromatic N) is 1. The molecule has 0 unspecified atom stereocenters. The first-order valence-electron chi connectivity index (χ1n) is 10.3. The smallest absolute Gasteiger partial charge is 0.307 e. The van der Waals surface area contributed by atoms with Crippen LogP contribution in [0.25, 0.3) is 10.8 Å². The summed E-state index contributed by atoms with van der Waals surface area (Å²) in [5.41, 5.74) is 2.44. The van der Waals surface area contributed by atoms with E-state index in [4.69, 9.17) is 28.3 Å². The van der Waals surface area contributed by atoms with Crippen LogP contribution in [0.15, 0.2) is 72.9 Å². The molecule has 0 aliphatic heterocycles. The summed E-state index contributed by atoms with van der Waals surface area (Å²) in [6.45, 7) is 0. The number of pyridine rings is 1. The largest absolute Gasteiger partial charge is 0.481 e. The average Bonchev–Trinajstić information content (AvgIpc) is 2.81. The Hall–Kier alpha value is -3.74. The van der Waals surface area contributed by atoms with Crippen LogP contribution in [0, 0.1) is 0 Å². The summed E-state index contributed by atoms with van der Waals surface area (Å²) < 4.78 is 0. The summed E-state index contributed by atoms with van der Waals surface area (Å²) >= 11 is 11.9. The lowest BCUT2D eigenvalue weighted by Crippen LogP contribution is -2.14. The molecule has 3 aromatic carbocycles. The number of carbonyl (C=O) groups excluding carboxylic acids is 2. The minimum atomic E-state index is -0.970. The van der Waals surface area contributed by atoms with Gasteiger partial charge in [-0.1, -0.05) is 53.5 Å². The lowest BCUT2D eigenvalue weighted by Gasteiger charge is -2.10. The molecule has 1 heterocycles. The van der Waals surface area contributed by atoms with Gasteiger partial charge in [-0.15, -0.1) is 0 Å². The van der Waals surface area contributed by atoms with Crippen LogP contribution in [-0.2, 0) is 22.4 Å². The Morgan fingerprint density at radius 2 is 1.56 bits per heavy atom. The van der Waals surface area contributed by atoms with E-state index in [0.29, 0.717) is 37.6 Å². The van der Waals surface area contributed by atoms with Crippen LogP contribution in [0.5, 0.6) is 0 Å². The van der Waals surface area contributed by atoms with Crippen molar-refractivity contribution in [2.45, 2.75) is 12.8 Å². The van der Waals surface area contributed by atoms with E-state index < -0.39 is 5.97 Å². The SMILES string of the molecule is O=C(O)Cc1cnc(C(=O)c2ccc(NC(=O)Cc3ccc(Cl)c(Cl)c3)cc2)c2ccccc12. The summed E-state index contributed by atoms with van der Waals surface area (Å²) in [6, 6.07) is 18.6. The first-order chi connectivity index (χ1) is 16.3. The van der Waals surface area contributed by atoms with E-state index in [1.165, 1.54) is 6.20 Å². The first-order valence-corrected chi connectivity index (χ1v) is 11.0. The number of rotatable bonds is 7. The average molecular weight is 493 g/mol. The number of hydrogen-bond donors (Lipinski definition) is 2. The lowest BCUT2D eigenvalue weighted by atomic mass is 9.98. The molecule has 8 heteroatoms. The number of nitrogens with one attached hydrogen (secondary N) is 1. The number of amides is 1. The molecule has 0 atom stereocenters. The molecular weight excluding hydrogens is 475 g/mol. The number of aromatic nitrogens is 1. The van der Waals surface area contributed by atoms with Crippen molar-refractivity contribution in [1.82, 2.24) is 4.98 Å². The number of ketones is 1. The predicted molar refractivity (Wildman–Crippen MR) is 132 cm³/mol. The number of anilines is 1. The van der Waals surface area contributed by atoms with Crippen molar-refractivity contribution in [1.29, 1.82) is 0 Å². The summed E-state index contributed by atoms with van der Waals surface area (Å²) in [5, 5.41) is 14.0. The number of benzene rings is 3. The molecule has 0 bridgehead atoms. The fourth-order valence-electron chi connectivity index (χ4n) is 3.62. The molecule has 4 aromatic rings. The Morgan fingerprint density at radius 3 is 2.24 bits per heavy atom. The minimum absolute atomic E-state index is 0.121. The molecule has 0 saturated carbocycles. The van der Waals surface area contributed by atoms with E-state index in [2.05, 4.69) is 10.3 Å². The summed E-state index contributed by atoms with van der Waals surface area (Å²) in [5.74, 6) is -1.51. The number of carboxylic acid groups (broad SMARTS) is 1. The van der Waals surface area contributed by atoms with Gasteiger partial charge in [-0.3, -0.25) is 19.4 Å². The van der Waals surface area contributed by atoms with Crippen molar-refractivity contribution in [3.63, 3.8) is 0 Å². The van der Waals surface area contributed by atoms with Gasteiger partial charge in [0.2, 0.25) is 11.7 Å². The Labute approximate surface area is 205 Å². The first kappa shape index (κ1) is 23.4. The van der Waals surface area contributed by atoms with Crippen LogP contribution in [0.4, 0.5) is 5.69 Å². The maximum atomic E-state index is 13.1. The third-order valence-electron chi connectivity index (χ3n) is 5.21. The van der Waals surface area contributed by atoms with Crippen LogP contribution in [0.2, 0.25) is 10.0 Å². The van der Waals surface area contributed by atoms with Crippen molar-refractivity contribution in [2.75, 3.05) is 5.32 Å². The van der Waals surface area contributed by atoms with Gasteiger partial charge in [0.15, 0.2) is 0 Å². The third kappa shape index (κ3) is 5.25. The van der Waals surface area contributed by atoms with Crippen molar-refractivity contribution in [3.8, 4) is 0 Å². The Bertz CT molecular complexity index is 1420. The zero-order valence-electron chi connectivity index (χ0n) is 17.7. The Kier molecular flexibility index (Phi) is 6.91. The highest BCUT2D eigenvalue weighted by molar-refractivity contribution is 6.42. The van der Waals surface area contributed by atoms with Gasteiger partial charge in [0.05, 0.1) is 22.9 Å². The molecule has 2 N–H and O–H groups in total. The molecule has 170 valence electrons. The number of fused-ring (bicyclic) bond motifs is 1. The zero-order valence-corrected chi connectivity index (χ0v) is 19.2. The lowest BCUT2D eigenvalue weighted by molar-refractivity contribution is -0.136. The number of halogens is 2. The van der Waals surface area contributed by atoms with Crippen molar-refractivity contribution < 1.29 is 19.5 Å². The Morgan fingerprint density at radius 1 is 0.853 bits per heavy atom. The minimum Gasteiger partial charge on any atom is -0.481 e. The van der Waals surface area contributed by atoms with Gasteiger partial charge in [-0.05, 0) is 52.9 Å². The van der Waals surface area contributed by atoms with Gasteiger partial charge in [0, 0.05) is 22.8 Å². The van der Waals surface area contributed by atoms with Gasteiger partial charge in [-0.2, -0.15) is 0 Å². The fraction of sp³-hybridized carbons (Fsp3) is 0.0769. The number of carboxylic acids is 1. The van der Waals surface area contributed by atoms with Crippen LogP contribution >= 0.6 is 23.2 Å². The van der Waals surface area contributed by atoms with Crippen molar-refractivity contribution in [3.05, 3.63) is 105 Å². The van der Waals surface area contributed by atoms with Crippen LogP contribution in [0.1, 0.15) is 27.2 Å². The molecular formula is C26H18Cl2N2O4. The molecule has 0 spiro atoms. The molecule has 1 aromatic heterocycles. The second-order valence-corrected chi connectivity index (χ2v) is 8.44. The van der Waals surface area contributed by atoms with E-state index in [-0.39, 0.29) is 30.2 Å². The summed E-state index contributed by atoms with van der Waals surface area (Å²) in [4.78, 5) is 40.9. The van der Waals surface area contributed by atoms with E-state index in [1.54, 1.807) is 66.7 Å². The zero-order chi connectivity index (χ0) is 24.2. The molecule has 1 amide bonds. The molecule has 4 rings (SSSR count). The highest BCUT2D eigenvalue weighted by atomic mass is 35.5. The Balaban J connectivity index is 1.51. The van der Waals surface area contributed by atoms with Gasteiger partial charge in [0.1, 0.15) is 5.69 Å². The van der Waals surface area contributed by atoms with E-state index in [9.17, 15) is 14.4 Å². The van der Waals surface area contributed by atoms with Crippen LogP contribution < -0.4 is 5.32 Å². The van der Waals surface area contributed by atoms with E-state index in [0.717, 1.165) is 5.56 Å². The second-order valence-electron chi connectivity index (χ2n) is 7.63. The third-order valence-corrected chi connectivity index (χ3v) is 5.95. The topological polar surface area (TPSA) is 96.4 Å². The van der Waals surface area contributed by atoms with E-state index >= 15 is 0 Å². The highest BCUT2D eigenvalue weighted by Gasteiger charge is 2.17. The normalized spacial score (nSPS) is 10.8. The fourth-order valence-corrected chi connectivity index (χ4v) is 3.94. The van der Waals surface area contributed by atoms with Crippen molar-refractivity contribution >= 4 is 57.3 Å². The van der Waals surface area contributed by atoms with Crippen LogP contribution in [-0.4, -0.2) is 27.8 Å². The van der Waals surface area contributed by atoms with Gasteiger partial charge >= 0.3 is 5.97 Å². The predicted octanol–water partition coefficient (Wildman–Crippen LogP) is 5.58. The van der Waals surface area contributed by atoms with Gasteiger partial charge in [0.25, 0.3) is 0 Å². The summed E-state index contributed by atoms with van der Waals surface area (Å²) in [7, 11) is 0. The van der Waals surface area contributed by atoms with E-state index in [1.807, 2.05) is 0 Å². The maximum absolute atomic E-state index is 13.1. The maximum Gasteiger partial charge on any atom is 0.307 e. The molecule has 0 aliphatic rings. The van der Waals surface area contributed by atoms with Crippen molar-refractivity contribution in [2.24, 2.45) is 0 Å². The monoisotopic (exact) mass is 492 g/mol. The molecule has 0 fully saturated rings. The molecule has 6 nitrogen and oxygen atoms in total. The summed E-state index contributed by atoms with van der Waals surface area (Å²) in [6.07, 6.45) is 1.37. The number of aliphatic carboxylic acids is 1. The van der Waals surface area contributed by atoms with Crippen LogP contribution in [0.3, 0.4) is 0 Å². The second kappa shape index (κ2) is 10.0. The molecule has 0 radical (unpaired) electrons.